The SMILES string of the molecule is O=C(c1ccccc1)C(O)c1ccc(OCc2ccccc2)c(C(F)(F)F)c1. The van der Waals surface area contributed by atoms with Gasteiger partial charge < -0.3 is 9.84 Å². The van der Waals surface area contributed by atoms with Crippen LogP contribution in [0.4, 0.5) is 13.2 Å². The third-order valence-electron chi connectivity index (χ3n) is 4.17. The van der Waals surface area contributed by atoms with E-state index < -0.39 is 23.6 Å². The van der Waals surface area contributed by atoms with Crippen LogP contribution in [0, 0.1) is 0 Å². The molecule has 0 amide bonds. The number of hydrogen-bond donors (Lipinski definition) is 1. The van der Waals surface area contributed by atoms with Crippen molar-refractivity contribution >= 4 is 5.78 Å². The van der Waals surface area contributed by atoms with E-state index in [1.165, 1.54) is 18.2 Å². The summed E-state index contributed by atoms with van der Waals surface area (Å²) in [5, 5.41) is 10.3. The van der Waals surface area contributed by atoms with Crippen LogP contribution < -0.4 is 4.74 Å². The summed E-state index contributed by atoms with van der Waals surface area (Å²) in [6, 6.07) is 19.9. The second-order valence-corrected chi connectivity index (χ2v) is 6.16. The molecule has 0 aromatic heterocycles. The van der Waals surface area contributed by atoms with Gasteiger partial charge in [0.2, 0.25) is 0 Å². The summed E-state index contributed by atoms with van der Waals surface area (Å²) in [6.07, 6.45) is -6.40. The number of carbonyl (C=O) groups excluding carboxylic acids is 1. The molecule has 3 rings (SSSR count). The second kappa shape index (κ2) is 8.27. The number of hydrogen-bond acceptors (Lipinski definition) is 3. The molecule has 0 fully saturated rings. The molecule has 0 heterocycles. The number of benzene rings is 3. The normalized spacial score (nSPS) is 12.4. The molecule has 0 aliphatic heterocycles. The standard InChI is InChI=1S/C22H17F3O3/c23-22(24,25)18-13-17(21(27)20(26)16-9-5-2-6-10-16)11-12-19(18)28-14-15-7-3-1-4-8-15/h1-13,21,27H,14H2. The average molecular weight is 386 g/mol. The van der Waals surface area contributed by atoms with Crippen molar-refractivity contribution in [3.63, 3.8) is 0 Å². The first kappa shape index (κ1) is 19.6. The molecule has 28 heavy (non-hydrogen) atoms. The molecule has 144 valence electrons. The Hall–Kier alpha value is -3.12. The molecular formula is C22H17F3O3. The molecule has 1 atom stereocenters. The van der Waals surface area contributed by atoms with Crippen molar-refractivity contribution in [1.82, 2.24) is 0 Å². The molecular weight excluding hydrogens is 369 g/mol. The van der Waals surface area contributed by atoms with Crippen LogP contribution in [0.25, 0.3) is 0 Å². The van der Waals surface area contributed by atoms with Gasteiger partial charge in [-0.15, -0.1) is 0 Å². The fourth-order valence-corrected chi connectivity index (χ4v) is 2.71. The van der Waals surface area contributed by atoms with E-state index in [1.807, 2.05) is 0 Å². The molecule has 3 aromatic rings. The number of Topliss-reactive ketones (excluding diaryl/α,β-unsaturated/α-hetero) is 1. The van der Waals surface area contributed by atoms with Crippen LogP contribution in [0.15, 0.2) is 78.9 Å². The van der Waals surface area contributed by atoms with Crippen molar-refractivity contribution in [1.29, 1.82) is 0 Å². The van der Waals surface area contributed by atoms with E-state index in [0.717, 1.165) is 17.7 Å². The number of ether oxygens (including phenoxy) is 1. The lowest BCUT2D eigenvalue weighted by molar-refractivity contribution is -0.139. The van der Waals surface area contributed by atoms with Crippen LogP contribution in [0.3, 0.4) is 0 Å². The Bertz CT molecular complexity index is 938. The van der Waals surface area contributed by atoms with Crippen LogP contribution in [-0.2, 0) is 12.8 Å². The summed E-state index contributed by atoms with van der Waals surface area (Å²) >= 11 is 0. The van der Waals surface area contributed by atoms with Gasteiger partial charge in [0, 0.05) is 5.56 Å². The summed E-state index contributed by atoms with van der Waals surface area (Å²) in [5.74, 6) is -1.04. The molecule has 0 saturated heterocycles. The van der Waals surface area contributed by atoms with Gasteiger partial charge in [0.1, 0.15) is 18.5 Å². The van der Waals surface area contributed by atoms with Crippen molar-refractivity contribution < 1.29 is 27.8 Å². The quantitative estimate of drug-likeness (QED) is 0.592. The monoisotopic (exact) mass is 386 g/mol. The second-order valence-electron chi connectivity index (χ2n) is 6.16. The van der Waals surface area contributed by atoms with Crippen molar-refractivity contribution in [2.24, 2.45) is 0 Å². The molecule has 0 radical (unpaired) electrons. The van der Waals surface area contributed by atoms with E-state index in [1.54, 1.807) is 48.5 Å². The number of halogens is 3. The summed E-state index contributed by atoms with van der Waals surface area (Å²) in [7, 11) is 0. The Kier molecular flexibility index (Phi) is 5.80. The van der Waals surface area contributed by atoms with Crippen LogP contribution in [0.5, 0.6) is 5.75 Å². The van der Waals surface area contributed by atoms with E-state index in [2.05, 4.69) is 0 Å². The van der Waals surface area contributed by atoms with E-state index in [4.69, 9.17) is 4.74 Å². The van der Waals surface area contributed by atoms with E-state index in [-0.39, 0.29) is 23.5 Å². The predicted octanol–water partition coefficient (Wildman–Crippen LogP) is 5.20. The average Bonchev–Trinajstić information content (AvgIpc) is 2.72. The van der Waals surface area contributed by atoms with Crippen LogP contribution in [0.1, 0.15) is 33.2 Å². The zero-order valence-electron chi connectivity index (χ0n) is 14.7. The highest BCUT2D eigenvalue weighted by Crippen LogP contribution is 2.38. The fourth-order valence-electron chi connectivity index (χ4n) is 2.71. The Labute approximate surface area is 160 Å². The van der Waals surface area contributed by atoms with Crippen molar-refractivity contribution in [2.45, 2.75) is 18.9 Å². The van der Waals surface area contributed by atoms with Gasteiger partial charge in [-0.2, -0.15) is 13.2 Å². The Morgan fingerprint density at radius 1 is 0.929 bits per heavy atom. The maximum atomic E-state index is 13.5. The van der Waals surface area contributed by atoms with Gasteiger partial charge in [-0.1, -0.05) is 66.7 Å². The number of ketones is 1. The Balaban J connectivity index is 1.87. The minimum Gasteiger partial charge on any atom is -0.488 e. The van der Waals surface area contributed by atoms with Crippen LogP contribution in [0.2, 0.25) is 0 Å². The van der Waals surface area contributed by atoms with Gasteiger partial charge in [0.05, 0.1) is 5.56 Å². The third kappa shape index (κ3) is 4.58. The topological polar surface area (TPSA) is 46.5 Å². The predicted molar refractivity (Wildman–Crippen MR) is 98.0 cm³/mol. The van der Waals surface area contributed by atoms with Crippen LogP contribution >= 0.6 is 0 Å². The molecule has 6 heteroatoms. The Morgan fingerprint density at radius 2 is 1.54 bits per heavy atom. The first-order valence-electron chi connectivity index (χ1n) is 8.51. The van der Waals surface area contributed by atoms with Crippen molar-refractivity contribution in [3.8, 4) is 5.75 Å². The first-order valence-corrected chi connectivity index (χ1v) is 8.51. The van der Waals surface area contributed by atoms with Crippen molar-refractivity contribution in [2.75, 3.05) is 0 Å². The van der Waals surface area contributed by atoms with Crippen molar-refractivity contribution in [3.05, 3.63) is 101 Å². The number of aliphatic hydroxyl groups is 1. The van der Waals surface area contributed by atoms with E-state index >= 15 is 0 Å². The van der Waals surface area contributed by atoms with E-state index in [9.17, 15) is 23.1 Å². The summed E-state index contributed by atoms with van der Waals surface area (Å²) < 4.78 is 45.8. The highest BCUT2D eigenvalue weighted by atomic mass is 19.4. The van der Waals surface area contributed by atoms with Gasteiger partial charge in [-0.05, 0) is 23.3 Å². The smallest absolute Gasteiger partial charge is 0.419 e. The fraction of sp³-hybridized carbons (Fsp3) is 0.136. The minimum absolute atomic E-state index is 0.0330. The molecule has 3 aromatic carbocycles. The molecule has 0 saturated carbocycles. The van der Waals surface area contributed by atoms with Crippen LogP contribution in [-0.4, -0.2) is 10.9 Å². The maximum Gasteiger partial charge on any atom is 0.419 e. The first-order chi connectivity index (χ1) is 13.4. The minimum atomic E-state index is -4.70. The highest BCUT2D eigenvalue weighted by Gasteiger charge is 2.35. The van der Waals surface area contributed by atoms with Gasteiger partial charge >= 0.3 is 6.18 Å². The Morgan fingerprint density at radius 3 is 2.14 bits per heavy atom. The maximum absolute atomic E-state index is 13.5. The molecule has 1 unspecified atom stereocenters. The van der Waals surface area contributed by atoms with E-state index in [0.29, 0.717) is 0 Å². The number of aliphatic hydroxyl groups excluding tert-OH is 1. The highest BCUT2D eigenvalue weighted by molar-refractivity contribution is 5.99. The summed E-state index contributed by atoms with van der Waals surface area (Å²) in [4.78, 5) is 12.3. The molecule has 0 spiro atoms. The van der Waals surface area contributed by atoms with Gasteiger partial charge in [0.15, 0.2) is 5.78 Å². The molecule has 3 nitrogen and oxygen atoms in total. The lowest BCUT2D eigenvalue weighted by Crippen LogP contribution is -2.15. The summed E-state index contributed by atoms with van der Waals surface area (Å²) in [5.41, 5.74) is -0.249. The zero-order valence-corrected chi connectivity index (χ0v) is 14.7. The lowest BCUT2D eigenvalue weighted by Gasteiger charge is -2.17. The molecule has 0 aliphatic carbocycles. The number of carbonyl (C=O) groups is 1. The molecule has 1 N–H and O–H groups in total. The number of alkyl halides is 3. The lowest BCUT2D eigenvalue weighted by atomic mass is 9.98. The third-order valence-corrected chi connectivity index (χ3v) is 4.17. The molecule has 0 bridgehead atoms. The largest absolute Gasteiger partial charge is 0.488 e. The van der Waals surface area contributed by atoms with Gasteiger partial charge in [0.25, 0.3) is 0 Å². The zero-order chi connectivity index (χ0) is 20.1. The summed E-state index contributed by atoms with van der Waals surface area (Å²) in [6.45, 7) is -0.0330. The van der Waals surface area contributed by atoms with Gasteiger partial charge in [-0.3, -0.25) is 4.79 Å². The van der Waals surface area contributed by atoms with Gasteiger partial charge in [-0.25, -0.2) is 0 Å². The number of rotatable bonds is 6. The molecule has 0 aliphatic rings.